The van der Waals surface area contributed by atoms with Crippen LogP contribution in [0.1, 0.15) is 5.56 Å². The third kappa shape index (κ3) is 1.47. The van der Waals surface area contributed by atoms with E-state index in [0.717, 1.165) is 16.9 Å². The van der Waals surface area contributed by atoms with Crippen LogP contribution in [0.15, 0.2) is 54.6 Å². The maximum absolute atomic E-state index is 10.3. The SMILES string of the molecule is CN1c2ccccc2[C](O)N1c1ccccc1. The molecule has 0 aliphatic carbocycles. The van der Waals surface area contributed by atoms with Crippen molar-refractivity contribution in [3.8, 4) is 0 Å². The number of benzene rings is 2. The number of hydrazine groups is 1. The van der Waals surface area contributed by atoms with Crippen LogP contribution >= 0.6 is 0 Å². The van der Waals surface area contributed by atoms with Gasteiger partial charge in [0.2, 0.25) is 6.23 Å². The lowest BCUT2D eigenvalue weighted by atomic mass is 10.2. The molecule has 3 rings (SSSR count). The molecular weight excluding hydrogens is 212 g/mol. The number of para-hydroxylation sites is 2. The van der Waals surface area contributed by atoms with Crippen molar-refractivity contribution in [3.63, 3.8) is 0 Å². The van der Waals surface area contributed by atoms with Crippen molar-refractivity contribution in [2.75, 3.05) is 17.1 Å². The Balaban J connectivity index is 2.06. The summed E-state index contributed by atoms with van der Waals surface area (Å²) in [6, 6.07) is 17.6. The number of fused-ring (bicyclic) bond motifs is 1. The number of nitrogens with zero attached hydrogens (tertiary/aromatic N) is 2. The van der Waals surface area contributed by atoms with Crippen LogP contribution in [0.3, 0.4) is 0 Å². The van der Waals surface area contributed by atoms with E-state index < -0.39 is 0 Å². The summed E-state index contributed by atoms with van der Waals surface area (Å²) < 4.78 is 0. The van der Waals surface area contributed by atoms with E-state index in [4.69, 9.17) is 0 Å². The van der Waals surface area contributed by atoms with Crippen LogP contribution < -0.4 is 10.0 Å². The summed E-state index contributed by atoms with van der Waals surface area (Å²) in [5.74, 6) is 0. The van der Waals surface area contributed by atoms with E-state index in [0.29, 0.717) is 0 Å². The van der Waals surface area contributed by atoms with E-state index in [2.05, 4.69) is 0 Å². The molecule has 1 heterocycles. The summed E-state index contributed by atoms with van der Waals surface area (Å²) in [6.45, 7) is 0. The van der Waals surface area contributed by atoms with Gasteiger partial charge in [-0.05, 0) is 18.2 Å². The van der Waals surface area contributed by atoms with Gasteiger partial charge in [-0.1, -0.05) is 36.4 Å². The molecule has 0 bridgehead atoms. The minimum atomic E-state index is 0.273. The first-order valence-corrected chi connectivity index (χ1v) is 5.53. The Kier molecular flexibility index (Phi) is 2.27. The smallest absolute Gasteiger partial charge is 0.240 e. The standard InChI is InChI=1S/C14H13N2O/c1-15-13-10-6-5-9-12(13)14(17)16(15)11-7-3-2-4-8-11/h2-10,17H,1H3. The van der Waals surface area contributed by atoms with Crippen LogP contribution in [-0.2, 0) is 0 Å². The van der Waals surface area contributed by atoms with Gasteiger partial charge >= 0.3 is 0 Å². The van der Waals surface area contributed by atoms with Gasteiger partial charge in [-0.25, -0.2) is 5.01 Å². The molecule has 3 nitrogen and oxygen atoms in total. The molecule has 0 aromatic heterocycles. The zero-order valence-electron chi connectivity index (χ0n) is 9.54. The molecule has 0 saturated carbocycles. The molecule has 2 aromatic rings. The maximum Gasteiger partial charge on any atom is 0.240 e. The molecule has 1 aliphatic heterocycles. The first-order valence-electron chi connectivity index (χ1n) is 5.53. The molecule has 0 unspecified atom stereocenters. The van der Waals surface area contributed by atoms with Crippen molar-refractivity contribution < 1.29 is 5.11 Å². The summed E-state index contributed by atoms with van der Waals surface area (Å²) in [4.78, 5) is 0. The Bertz CT molecular complexity index is 498. The molecule has 0 saturated heterocycles. The van der Waals surface area contributed by atoms with Crippen LogP contribution in [0, 0.1) is 6.23 Å². The topological polar surface area (TPSA) is 26.7 Å². The molecule has 0 fully saturated rings. The first-order chi connectivity index (χ1) is 8.29. The summed E-state index contributed by atoms with van der Waals surface area (Å²) in [5.41, 5.74) is 2.82. The summed E-state index contributed by atoms with van der Waals surface area (Å²) in [6.07, 6.45) is 0.273. The fraction of sp³-hybridized carbons (Fsp3) is 0.0714. The second-order valence-corrected chi connectivity index (χ2v) is 4.01. The van der Waals surface area contributed by atoms with Gasteiger partial charge in [-0.15, -0.1) is 0 Å². The van der Waals surface area contributed by atoms with Crippen molar-refractivity contribution in [2.24, 2.45) is 0 Å². The molecule has 0 amide bonds. The summed E-state index contributed by atoms with van der Waals surface area (Å²) in [7, 11) is 1.94. The monoisotopic (exact) mass is 225 g/mol. The Morgan fingerprint density at radius 3 is 2.24 bits per heavy atom. The van der Waals surface area contributed by atoms with Crippen LogP contribution in [-0.4, -0.2) is 12.2 Å². The molecule has 0 atom stereocenters. The van der Waals surface area contributed by atoms with E-state index in [1.54, 1.807) is 5.01 Å². The molecule has 17 heavy (non-hydrogen) atoms. The van der Waals surface area contributed by atoms with Crippen LogP contribution in [0.4, 0.5) is 11.4 Å². The summed E-state index contributed by atoms with van der Waals surface area (Å²) in [5, 5.41) is 14.0. The van der Waals surface area contributed by atoms with Gasteiger partial charge < -0.3 is 5.11 Å². The Morgan fingerprint density at radius 1 is 0.882 bits per heavy atom. The van der Waals surface area contributed by atoms with E-state index in [-0.39, 0.29) is 6.23 Å². The van der Waals surface area contributed by atoms with Crippen LogP contribution in [0.2, 0.25) is 0 Å². The Labute approximate surface area is 100 Å². The lowest BCUT2D eigenvalue weighted by Crippen LogP contribution is -2.37. The molecule has 1 aliphatic rings. The van der Waals surface area contributed by atoms with Crippen molar-refractivity contribution in [1.29, 1.82) is 0 Å². The van der Waals surface area contributed by atoms with E-state index in [1.807, 2.05) is 66.7 Å². The molecular formula is C14H13N2O. The van der Waals surface area contributed by atoms with Gasteiger partial charge in [0.05, 0.1) is 11.4 Å². The predicted octanol–water partition coefficient (Wildman–Crippen LogP) is 2.77. The number of aliphatic hydroxyl groups excluding tert-OH is 1. The zero-order chi connectivity index (χ0) is 11.8. The number of anilines is 2. The number of aliphatic hydroxyl groups is 1. The Hall–Kier alpha value is -2.00. The second kappa shape index (κ2) is 3.79. The highest BCUT2D eigenvalue weighted by Crippen LogP contribution is 2.39. The molecule has 3 heteroatoms. The van der Waals surface area contributed by atoms with Gasteiger partial charge in [0, 0.05) is 12.6 Å². The summed E-state index contributed by atoms with van der Waals surface area (Å²) >= 11 is 0. The van der Waals surface area contributed by atoms with Crippen molar-refractivity contribution in [3.05, 3.63) is 66.4 Å². The zero-order valence-corrected chi connectivity index (χ0v) is 9.54. The van der Waals surface area contributed by atoms with E-state index in [9.17, 15) is 5.11 Å². The fourth-order valence-corrected chi connectivity index (χ4v) is 2.17. The largest absolute Gasteiger partial charge is 0.361 e. The number of rotatable bonds is 1. The van der Waals surface area contributed by atoms with Gasteiger partial charge in [0.15, 0.2) is 0 Å². The highest BCUT2D eigenvalue weighted by molar-refractivity contribution is 5.73. The highest BCUT2D eigenvalue weighted by Gasteiger charge is 2.34. The molecule has 1 N–H and O–H groups in total. The minimum Gasteiger partial charge on any atom is -0.361 e. The quantitative estimate of drug-likeness (QED) is 0.808. The van der Waals surface area contributed by atoms with Crippen molar-refractivity contribution in [1.82, 2.24) is 0 Å². The highest BCUT2D eigenvalue weighted by atomic mass is 16.3. The van der Waals surface area contributed by atoms with Gasteiger partial charge in [-0.2, -0.15) is 0 Å². The average molecular weight is 225 g/mol. The lowest BCUT2D eigenvalue weighted by Gasteiger charge is -2.29. The normalized spacial score (nSPS) is 15.2. The third-order valence-corrected chi connectivity index (χ3v) is 2.99. The van der Waals surface area contributed by atoms with Crippen LogP contribution in [0.25, 0.3) is 0 Å². The third-order valence-electron chi connectivity index (χ3n) is 2.99. The van der Waals surface area contributed by atoms with Gasteiger partial charge in [0.25, 0.3) is 0 Å². The maximum atomic E-state index is 10.3. The van der Waals surface area contributed by atoms with Gasteiger partial charge in [-0.3, -0.25) is 5.01 Å². The second-order valence-electron chi connectivity index (χ2n) is 4.01. The van der Waals surface area contributed by atoms with Gasteiger partial charge in [0.1, 0.15) is 0 Å². The average Bonchev–Trinajstić information content (AvgIpc) is 2.64. The lowest BCUT2D eigenvalue weighted by molar-refractivity contribution is 0.323. The Morgan fingerprint density at radius 2 is 1.53 bits per heavy atom. The first kappa shape index (κ1) is 10.2. The molecule has 85 valence electrons. The van der Waals surface area contributed by atoms with Crippen molar-refractivity contribution in [2.45, 2.75) is 0 Å². The van der Waals surface area contributed by atoms with E-state index >= 15 is 0 Å². The number of hydrogen-bond acceptors (Lipinski definition) is 3. The van der Waals surface area contributed by atoms with E-state index in [1.165, 1.54) is 0 Å². The molecule has 1 radical (unpaired) electrons. The minimum absolute atomic E-state index is 0.273. The predicted molar refractivity (Wildman–Crippen MR) is 68.0 cm³/mol. The molecule has 2 aromatic carbocycles. The van der Waals surface area contributed by atoms with Crippen LogP contribution in [0.5, 0.6) is 0 Å². The number of hydrogen-bond donors (Lipinski definition) is 1. The fourth-order valence-electron chi connectivity index (χ4n) is 2.17. The molecule has 0 spiro atoms. The van der Waals surface area contributed by atoms with Crippen molar-refractivity contribution >= 4 is 11.4 Å².